The first kappa shape index (κ1) is 19.0. The largest absolute Gasteiger partial charge is 0.494 e. The number of nitrogens with one attached hydrogen (secondary N) is 1. The van der Waals surface area contributed by atoms with Crippen LogP contribution in [0, 0.1) is 0 Å². The predicted octanol–water partition coefficient (Wildman–Crippen LogP) is 6.21. The third kappa shape index (κ3) is 4.11. The fourth-order valence-electron chi connectivity index (χ4n) is 2.66. The number of aromatic nitrogens is 1. The topological polar surface area (TPSA) is 51.2 Å². The van der Waals surface area contributed by atoms with Crippen LogP contribution >= 0.6 is 34.5 Å². The number of hydrogen-bond donors (Lipinski definition) is 1. The monoisotopic (exact) mass is 408 g/mol. The molecule has 1 N–H and O–H groups in total. The Kier molecular flexibility index (Phi) is 6.01. The molecule has 1 amide bonds. The number of carbonyl (C=O) groups is 1. The summed E-state index contributed by atoms with van der Waals surface area (Å²) in [5.74, 6) is -0.0759. The molecule has 0 radical (unpaired) electrons. The Morgan fingerprint density at radius 1 is 1.27 bits per heavy atom. The molecule has 4 nitrogen and oxygen atoms in total. The second-order valence-corrected chi connectivity index (χ2v) is 7.72. The van der Waals surface area contributed by atoms with Gasteiger partial charge in [0.25, 0.3) is 5.91 Å². The van der Waals surface area contributed by atoms with Gasteiger partial charge >= 0.3 is 0 Å². The Bertz CT molecular complexity index is 956. The van der Waals surface area contributed by atoms with Crippen LogP contribution in [0.1, 0.15) is 35.7 Å². The van der Waals surface area contributed by atoms with Crippen molar-refractivity contribution in [3.8, 4) is 5.75 Å². The summed E-state index contributed by atoms with van der Waals surface area (Å²) in [6.45, 7) is 2.18. The van der Waals surface area contributed by atoms with Gasteiger partial charge in [-0.05, 0) is 42.7 Å². The van der Waals surface area contributed by atoms with Crippen molar-refractivity contribution < 1.29 is 9.53 Å². The molecule has 0 bridgehead atoms. The summed E-state index contributed by atoms with van der Waals surface area (Å²) in [7, 11) is 1.46. The highest BCUT2D eigenvalue weighted by Crippen LogP contribution is 2.33. The van der Waals surface area contributed by atoms with Crippen LogP contribution in [0.5, 0.6) is 5.75 Å². The molecule has 2 aromatic carbocycles. The molecule has 0 unspecified atom stereocenters. The van der Waals surface area contributed by atoms with E-state index in [2.05, 4.69) is 29.4 Å². The molecule has 26 heavy (non-hydrogen) atoms. The van der Waals surface area contributed by atoms with Gasteiger partial charge in [-0.25, -0.2) is 4.98 Å². The molecule has 0 spiro atoms. The van der Waals surface area contributed by atoms with Gasteiger partial charge in [0, 0.05) is 5.02 Å². The normalized spacial score (nSPS) is 10.9. The number of fused-ring (bicyclic) bond motifs is 1. The summed E-state index contributed by atoms with van der Waals surface area (Å²) in [6, 6.07) is 9.27. The van der Waals surface area contributed by atoms with E-state index >= 15 is 0 Å². The van der Waals surface area contributed by atoms with Crippen molar-refractivity contribution in [2.24, 2.45) is 0 Å². The number of rotatable bonds is 6. The number of methoxy groups -OCH3 is 1. The van der Waals surface area contributed by atoms with Crippen LogP contribution in [-0.2, 0) is 6.42 Å². The smallest absolute Gasteiger partial charge is 0.261 e. The molecule has 3 rings (SSSR count). The molecule has 0 saturated heterocycles. The van der Waals surface area contributed by atoms with Gasteiger partial charge in [-0.1, -0.05) is 53.9 Å². The minimum absolute atomic E-state index is 0.271. The lowest BCUT2D eigenvalue weighted by molar-refractivity contribution is 0.102. The molecular weight excluding hydrogens is 391 g/mol. The average molecular weight is 409 g/mol. The minimum Gasteiger partial charge on any atom is -0.494 e. The van der Waals surface area contributed by atoms with E-state index in [1.807, 2.05) is 6.07 Å². The molecule has 0 aliphatic heterocycles. The molecule has 3 aromatic rings. The van der Waals surface area contributed by atoms with Gasteiger partial charge < -0.3 is 4.74 Å². The quantitative estimate of drug-likeness (QED) is 0.527. The van der Waals surface area contributed by atoms with Crippen molar-refractivity contribution in [1.29, 1.82) is 0 Å². The van der Waals surface area contributed by atoms with Crippen LogP contribution in [0.4, 0.5) is 5.13 Å². The molecule has 136 valence electrons. The summed E-state index contributed by atoms with van der Waals surface area (Å²) in [5.41, 5.74) is 2.42. The van der Waals surface area contributed by atoms with Gasteiger partial charge in [-0.15, -0.1) is 0 Å². The Balaban J connectivity index is 1.86. The van der Waals surface area contributed by atoms with Gasteiger partial charge in [-0.3, -0.25) is 10.1 Å². The molecule has 0 aliphatic rings. The second kappa shape index (κ2) is 8.25. The summed E-state index contributed by atoms with van der Waals surface area (Å²) >= 11 is 13.6. The number of amides is 1. The zero-order valence-electron chi connectivity index (χ0n) is 14.4. The highest BCUT2D eigenvalue weighted by Gasteiger charge is 2.18. The van der Waals surface area contributed by atoms with Crippen LogP contribution in [-0.4, -0.2) is 18.0 Å². The SMILES string of the molecule is CCCCc1ccc2nc(NC(=O)c3cc(Cl)cc(Cl)c3OC)sc2c1. The number of unbranched alkanes of at least 4 members (excludes halogenated alkanes) is 1. The molecule has 1 aromatic heterocycles. The summed E-state index contributed by atoms with van der Waals surface area (Å²) in [6.07, 6.45) is 3.36. The number of aryl methyl sites for hydroxylation is 1. The standard InChI is InChI=1S/C19H18Cl2N2O2S/c1-3-4-5-11-6-7-15-16(8-11)26-19(22-15)23-18(24)13-9-12(20)10-14(21)17(13)25-2/h6-10H,3-5H2,1-2H3,(H,22,23,24). The van der Waals surface area contributed by atoms with Crippen molar-refractivity contribution in [3.05, 3.63) is 51.5 Å². The number of carbonyl (C=O) groups excluding carboxylic acids is 1. The molecule has 0 aliphatic carbocycles. The lowest BCUT2D eigenvalue weighted by Crippen LogP contribution is -2.13. The highest BCUT2D eigenvalue weighted by molar-refractivity contribution is 7.22. The zero-order chi connectivity index (χ0) is 18.7. The van der Waals surface area contributed by atoms with Crippen LogP contribution < -0.4 is 10.1 Å². The number of hydrogen-bond acceptors (Lipinski definition) is 4. The number of thiazole rings is 1. The van der Waals surface area contributed by atoms with Crippen LogP contribution in [0.25, 0.3) is 10.2 Å². The predicted molar refractivity (Wildman–Crippen MR) is 109 cm³/mol. The molecule has 1 heterocycles. The molecule has 0 atom stereocenters. The summed E-state index contributed by atoms with van der Waals surface area (Å²) in [4.78, 5) is 17.1. The van der Waals surface area contributed by atoms with Crippen LogP contribution in [0.2, 0.25) is 10.0 Å². The van der Waals surface area contributed by atoms with Crippen molar-refractivity contribution in [2.45, 2.75) is 26.2 Å². The fourth-order valence-corrected chi connectivity index (χ4v) is 4.15. The number of ether oxygens (including phenoxy) is 1. The maximum absolute atomic E-state index is 12.6. The first-order valence-corrected chi connectivity index (χ1v) is 9.83. The Labute approximate surface area is 166 Å². The first-order valence-electron chi connectivity index (χ1n) is 8.25. The van der Waals surface area contributed by atoms with E-state index in [-0.39, 0.29) is 22.2 Å². The van der Waals surface area contributed by atoms with E-state index in [4.69, 9.17) is 27.9 Å². The maximum Gasteiger partial charge on any atom is 0.261 e. The van der Waals surface area contributed by atoms with Crippen molar-refractivity contribution in [2.75, 3.05) is 12.4 Å². The van der Waals surface area contributed by atoms with Gasteiger partial charge in [0.1, 0.15) is 5.75 Å². The zero-order valence-corrected chi connectivity index (χ0v) is 16.8. The first-order chi connectivity index (χ1) is 12.5. The Hall–Kier alpha value is -1.82. The molecule has 7 heteroatoms. The van der Waals surface area contributed by atoms with E-state index in [9.17, 15) is 4.79 Å². The maximum atomic E-state index is 12.6. The van der Waals surface area contributed by atoms with Crippen LogP contribution in [0.3, 0.4) is 0 Å². The third-order valence-electron chi connectivity index (χ3n) is 3.95. The molecular formula is C19H18Cl2N2O2S. The van der Waals surface area contributed by atoms with E-state index in [1.165, 1.54) is 36.1 Å². The number of anilines is 1. The minimum atomic E-state index is -0.364. The number of benzene rings is 2. The average Bonchev–Trinajstić information content (AvgIpc) is 3.00. The highest BCUT2D eigenvalue weighted by atomic mass is 35.5. The fraction of sp³-hybridized carbons (Fsp3) is 0.263. The Morgan fingerprint density at radius 3 is 2.81 bits per heavy atom. The molecule has 0 fully saturated rings. The number of halogens is 2. The van der Waals surface area contributed by atoms with E-state index in [0.717, 1.165) is 29.5 Å². The lowest BCUT2D eigenvalue weighted by Gasteiger charge is -2.10. The second-order valence-electron chi connectivity index (χ2n) is 5.85. The van der Waals surface area contributed by atoms with Gasteiger partial charge in [0.05, 0.1) is 27.9 Å². The van der Waals surface area contributed by atoms with Crippen molar-refractivity contribution >= 4 is 55.8 Å². The van der Waals surface area contributed by atoms with E-state index in [0.29, 0.717) is 10.2 Å². The third-order valence-corrected chi connectivity index (χ3v) is 5.38. The summed E-state index contributed by atoms with van der Waals surface area (Å²) in [5, 5.41) is 3.99. The van der Waals surface area contributed by atoms with Crippen molar-refractivity contribution in [3.63, 3.8) is 0 Å². The Morgan fingerprint density at radius 2 is 2.08 bits per heavy atom. The summed E-state index contributed by atoms with van der Waals surface area (Å²) < 4.78 is 6.28. The number of nitrogens with zero attached hydrogens (tertiary/aromatic N) is 1. The lowest BCUT2D eigenvalue weighted by atomic mass is 10.1. The van der Waals surface area contributed by atoms with Crippen molar-refractivity contribution in [1.82, 2.24) is 4.98 Å². The van der Waals surface area contributed by atoms with Gasteiger partial charge in [0.15, 0.2) is 5.13 Å². The van der Waals surface area contributed by atoms with E-state index < -0.39 is 0 Å². The van der Waals surface area contributed by atoms with Gasteiger partial charge in [0.2, 0.25) is 0 Å². The van der Waals surface area contributed by atoms with Crippen LogP contribution in [0.15, 0.2) is 30.3 Å². The van der Waals surface area contributed by atoms with Gasteiger partial charge in [-0.2, -0.15) is 0 Å². The van der Waals surface area contributed by atoms with E-state index in [1.54, 1.807) is 0 Å². The molecule has 0 saturated carbocycles.